The second kappa shape index (κ2) is 7.88. The second-order valence-electron chi connectivity index (χ2n) is 5.71. The van der Waals surface area contributed by atoms with Gasteiger partial charge in [-0.3, -0.25) is 4.79 Å². The van der Waals surface area contributed by atoms with Crippen LogP contribution in [0.4, 0.5) is 13.2 Å². The highest BCUT2D eigenvalue weighted by molar-refractivity contribution is 5.77. The molecular formula is C18H19F3N2O4. The molecule has 0 bridgehead atoms. The number of alkyl halides is 3. The van der Waals surface area contributed by atoms with Crippen molar-refractivity contribution in [3.8, 4) is 6.07 Å². The van der Waals surface area contributed by atoms with Gasteiger partial charge in [-0.15, -0.1) is 0 Å². The Hall–Kier alpha value is -2.73. The van der Waals surface area contributed by atoms with Gasteiger partial charge >= 0.3 is 17.9 Å². The minimum absolute atomic E-state index is 0.155. The van der Waals surface area contributed by atoms with Crippen LogP contribution in [0.3, 0.4) is 0 Å². The third kappa shape index (κ3) is 3.57. The highest BCUT2D eigenvalue weighted by Crippen LogP contribution is 2.53. The fourth-order valence-electron chi connectivity index (χ4n) is 3.14. The van der Waals surface area contributed by atoms with E-state index in [1.54, 1.807) is 24.3 Å². The van der Waals surface area contributed by atoms with E-state index in [9.17, 15) is 23.2 Å². The van der Waals surface area contributed by atoms with Crippen molar-refractivity contribution in [2.45, 2.75) is 31.7 Å². The monoisotopic (exact) mass is 384 g/mol. The van der Waals surface area contributed by atoms with Gasteiger partial charge in [0.2, 0.25) is 5.88 Å². The van der Waals surface area contributed by atoms with Crippen molar-refractivity contribution in [3.63, 3.8) is 0 Å². The predicted molar refractivity (Wildman–Crippen MR) is 87.6 cm³/mol. The van der Waals surface area contributed by atoms with Crippen LogP contribution in [0.1, 0.15) is 25.3 Å². The number of hydrogen-bond acceptors (Lipinski definition) is 6. The molecule has 146 valence electrons. The molecule has 3 unspecified atom stereocenters. The quantitative estimate of drug-likeness (QED) is 0.785. The molecule has 0 fully saturated rings. The molecule has 1 aliphatic heterocycles. The van der Waals surface area contributed by atoms with Gasteiger partial charge in [0, 0.05) is 12.5 Å². The molecule has 0 spiro atoms. The average Bonchev–Trinajstić information content (AvgIpc) is 2.61. The molecule has 0 radical (unpaired) electrons. The van der Waals surface area contributed by atoms with Crippen molar-refractivity contribution in [2.75, 3.05) is 13.2 Å². The molecule has 0 saturated heterocycles. The highest BCUT2D eigenvalue weighted by Gasteiger charge is 2.71. The Bertz CT molecular complexity index is 758. The highest BCUT2D eigenvalue weighted by atomic mass is 19.4. The normalized spacial score (nSPS) is 25.5. The average molecular weight is 384 g/mol. The lowest BCUT2D eigenvalue weighted by atomic mass is 9.74. The van der Waals surface area contributed by atoms with Gasteiger partial charge in [0.15, 0.2) is 0 Å². The molecule has 27 heavy (non-hydrogen) atoms. The van der Waals surface area contributed by atoms with E-state index in [1.165, 1.54) is 26.0 Å². The number of nitrogens with two attached hydrogens (primary N) is 1. The summed E-state index contributed by atoms with van der Waals surface area (Å²) < 4.78 is 57.1. The third-order valence-electron chi connectivity index (χ3n) is 4.15. The Morgan fingerprint density at radius 3 is 2.41 bits per heavy atom. The van der Waals surface area contributed by atoms with Crippen LogP contribution in [0, 0.1) is 17.2 Å². The van der Waals surface area contributed by atoms with Crippen molar-refractivity contribution in [3.05, 3.63) is 47.4 Å². The summed E-state index contributed by atoms with van der Waals surface area (Å²) in [4.78, 5) is 12.6. The van der Waals surface area contributed by atoms with Crippen LogP contribution < -0.4 is 5.73 Å². The summed E-state index contributed by atoms with van der Waals surface area (Å²) in [7, 11) is 0. The van der Waals surface area contributed by atoms with Crippen LogP contribution in [-0.4, -0.2) is 31.1 Å². The Labute approximate surface area is 154 Å². The zero-order valence-corrected chi connectivity index (χ0v) is 14.7. The summed E-state index contributed by atoms with van der Waals surface area (Å²) in [5.74, 6) is -8.67. The summed E-state index contributed by atoms with van der Waals surface area (Å²) in [6.45, 7) is 2.23. The van der Waals surface area contributed by atoms with E-state index in [-0.39, 0.29) is 17.7 Å². The van der Waals surface area contributed by atoms with Gasteiger partial charge in [0.1, 0.15) is 12.0 Å². The first-order valence-electron chi connectivity index (χ1n) is 8.24. The van der Waals surface area contributed by atoms with E-state index < -0.39 is 42.3 Å². The van der Waals surface area contributed by atoms with E-state index >= 15 is 0 Å². The number of esters is 1. The number of ether oxygens (including phenoxy) is 3. The molecule has 2 rings (SSSR count). The van der Waals surface area contributed by atoms with Crippen LogP contribution in [0.2, 0.25) is 0 Å². The van der Waals surface area contributed by atoms with E-state index in [4.69, 9.17) is 19.9 Å². The molecule has 0 aliphatic carbocycles. The summed E-state index contributed by atoms with van der Waals surface area (Å²) in [6, 6.07) is 9.57. The van der Waals surface area contributed by atoms with Crippen molar-refractivity contribution in [1.82, 2.24) is 0 Å². The van der Waals surface area contributed by atoms with Crippen molar-refractivity contribution in [2.24, 2.45) is 11.7 Å². The lowest BCUT2D eigenvalue weighted by molar-refractivity contribution is -0.391. The van der Waals surface area contributed by atoms with Gasteiger partial charge in [-0.25, -0.2) is 0 Å². The Morgan fingerprint density at radius 1 is 1.30 bits per heavy atom. The van der Waals surface area contributed by atoms with Gasteiger partial charge in [0.25, 0.3) is 0 Å². The van der Waals surface area contributed by atoms with Crippen molar-refractivity contribution in [1.29, 1.82) is 5.26 Å². The number of allylic oxidation sites excluding steroid dienone is 1. The molecule has 0 saturated carbocycles. The summed E-state index contributed by atoms with van der Waals surface area (Å²) in [5, 5.41) is 9.48. The Kier molecular flexibility index (Phi) is 6.01. The first kappa shape index (κ1) is 20.6. The molecule has 3 atom stereocenters. The number of nitriles is 1. The molecule has 1 aromatic rings. The lowest BCUT2D eigenvalue weighted by Gasteiger charge is -2.45. The number of nitrogens with zero attached hydrogens (tertiary/aromatic N) is 1. The number of hydrogen-bond donors (Lipinski definition) is 1. The van der Waals surface area contributed by atoms with Crippen LogP contribution in [0.25, 0.3) is 0 Å². The molecule has 6 nitrogen and oxygen atoms in total. The van der Waals surface area contributed by atoms with Crippen molar-refractivity contribution < 1.29 is 32.2 Å². The van der Waals surface area contributed by atoms with Gasteiger partial charge in [-0.2, -0.15) is 18.4 Å². The SMILES string of the molecule is CCOC(=O)C1C(c2ccccc2)C(C#N)=C(N)OC1(OCC)C(F)(F)F. The second-order valence-corrected chi connectivity index (χ2v) is 5.71. The molecule has 1 aliphatic rings. The maximum atomic E-state index is 14.1. The molecule has 0 aromatic heterocycles. The number of halogens is 3. The zero-order valence-electron chi connectivity index (χ0n) is 14.7. The van der Waals surface area contributed by atoms with Crippen LogP contribution >= 0.6 is 0 Å². The number of rotatable bonds is 5. The van der Waals surface area contributed by atoms with Gasteiger partial charge < -0.3 is 19.9 Å². The molecule has 0 amide bonds. The molecule has 9 heteroatoms. The number of benzene rings is 1. The fraction of sp³-hybridized carbons (Fsp3) is 0.444. The molecule has 1 aromatic carbocycles. The first-order chi connectivity index (χ1) is 12.7. The molecule has 1 heterocycles. The van der Waals surface area contributed by atoms with Crippen molar-refractivity contribution >= 4 is 5.97 Å². The Morgan fingerprint density at radius 2 is 1.93 bits per heavy atom. The maximum Gasteiger partial charge on any atom is 0.456 e. The van der Waals surface area contributed by atoms with E-state index in [1.807, 2.05) is 0 Å². The van der Waals surface area contributed by atoms with Gasteiger partial charge in [-0.1, -0.05) is 30.3 Å². The smallest absolute Gasteiger partial charge is 0.456 e. The fourth-order valence-corrected chi connectivity index (χ4v) is 3.14. The maximum absolute atomic E-state index is 14.1. The summed E-state index contributed by atoms with van der Waals surface area (Å²) >= 11 is 0. The topological polar surface area (TPSA) is 94.6 Å². The number of carbonyl (C=O) groups excluding carboxylic acids is 1. The van der Waals surface area contributed by atoms with Crippen LogP contribution in [0.15, 0.2) is 41.8 Å². The van der Waals surface area contributed by atoms with Gasteiger partial charge in [0.05, 0.1) is 12.2 Å². The Balaban J connectivity index is 2.81. The molecule has 2 N–H and O–H groups in total. The predicted octanol–water partition coefficient (Wildman–Crippen LogP) is 2.97. The minimum Gasteiger partial charge on any atom is -0.466 e. The first-order valence-corrected chi connectivity index (χ1v) is 8.24. The van der Waals surface area contributed by atoms with E-state index in [0.29, 0.717) is 0 Å². The van der Waals surface area contributed by atoms with Crippen LogP contribution in [-0.2, 0) is 19.0 Å². The largest absolute Gasteiger partial charge is 0.466 e. The van der Waals surface area contributed by atoms with E-state index in [0.717, 1.165) is 0 Å². The summed E-state index contributed by atoms with van der Waals surface area (Å²) in [5.41, 5.74) is 5.65. The van der Waals surface area contributed by atoms with E-state index in [2.05, 4.69) is 0 Å². The minimum atomic E-state index is -5.13. The zero-order chi connectivity index (χ0) is 20.2. The standard InChI is InChI=1S/C18H19F3N2O4/c1-3-25-16(24)14-13(11-8-6-5-7-9-11)12(10-22)15(23)27-17(14,26-4-2)18(19,20)21/h5-9,13-14H,3-4,23H2,1-2H3. The number of carbonyl (C=O) groups is 1. The van der Waals surface area contributed by atoms with Crippen LogP contribution in [0.5, 0.6) is 0 Å². The third-order valence-corrected chi connectivity index (χ3v) is 4.15. The van der Waals surface area contributed by atoms with Gasteiger partial charge in [-0.05, 0) is 19.4 Å². The lowest BCUT2D eigenvalue weighted by Crippen LogP contribution is -2.62. The molecular weight excluding hydrogens is 365 g/mol. The summed E-state index contributed by atoms with van der Waals surface area (Å²) in [6.07, 6.45) is -5.13.